The predicted molar refractivity (Wildman–Crippen MR) is 87.1 cm³/mol. The van der Waals surface area contributed by atoms with E-state index in [0.717, 1.165) is 5.56 Å². The Morgan fingerprint density at radius 3 is 2.43 bits per heavy atom. The number of carbonyl (C=O) groups is 1. The number of halogens is 1. The van der Waals surface area contributed by atoms with Gasteiger partial charge in [0.15, 0.2) is 0 Å². The summed E-state index contributed by atoms with van der Waals surface area (Å²) in [6, 6.07) is 16.1. The molecule has 1 amide bonds. The van der Waals surface area contributed by atoms with Crippen molar-refractivity contribution < 1.29 is 4.79 Å². The summed E-state index contributed by atoms with van der Waals surface area (Å²) in [4.78, 5) is 11.8. The van der Waals surface area contributed by atoms with E-state index < -0.39 is 0 Å². The van der Waals surface area contributed by atoms with Crippen LogP contribution >= 0.6 is 11.6 Å². The molecule has 4 nitrogen and oxygen atoms in total. The molecule has 0 heterocycles. The average molecular weight is 300 g/mol. The van der Waals surface area contributed by atoms with Crippen molar-refractivity contribution in [2.75, 3.05) is 5.73 Å². The highest BCUT2D eigenvalue weighted by Gasteiger charge is 2.02. The van der Waals surface area contributed by atoms with Gasteiger partial charge in [-0.1, -0.05) is 41.9 Å². The van der Waals surface area contributed by atoms with E-state index in [-0.39, 0.29) is 5.91 Å². The molecule has 0 aromatic heterocycles. The van der Waals surface area contributed by atoms with Gasteiger partial charge < -0.3 is 5.73 Å². The maximum atomic E-state index is 11.8. The Balaban J connectivity index is 1.94. The summed E-state index contributed by atoms with van der Waals surface area (Å²) in [7, 11) is 0. The van der Waals surface area contributed by atoms with Crippen LogP contribution in [0.1, 0.15) is 15.9 Å². The first-order valence-electron chi connectivity index (χ1n) is 6.26. The number of rotatable bonds is 4. The van der Waals surface area contributed by atoms with Crippen LogP contribution in [0, 0.1) is 0 Å². The fraction of sp³-hybridized carbons (Fsp3) is 0. The van der Waals surface area contributed by atoms with Crippen LogP contribution in [0.3, 0.4) is 0 Å². The molecule has 3 N–H and O–H groups in total. The molecule has 21 heavy (non-hydrogen) atoms. The third-order valence-corrected chi connectivity index (χ3v) is 2.84. The molecule has 0 bridgehead atoms. The van der Waals surface area contributed by atoms with Gasteiger partial charge >= 0.3 is 0 Å². The molecule has 0 fully saturated rings. The minimum absolute atomic E-state index is 0.324. The van der Waals surface area contributed by atoms with Gasteiger partial charge in [-0.15, -0.1) is 0 Å². The second-order valence-electron chi connectivity index (χ2n) is 4.26. The van der Waals surface area contributed by atoms with Crippen LogP contribution in [-0.2, 0) is 0 Å². The van der Waals surface area contributed by atoms with Gasteiger partial charge in [0.25, 0.3) is 5.91 Å². The molecule has 0 aliphatic rings. The molecule has 0 unspecified atom stereocenters. The number of carbonyl (C=O) groups excluding carboxylic acids is 1. The van der Waals surface area contributed by atoms with E-state index in [9.17, 15) is 4.79 Å². The highest BCUT2D eigenvalue weighted by atomic mass is 35.5. The van der Waals surface area contributed by atoms with Crippen molar-refractivity contribution in [2.45, 2.75) is 0 Å². The Kier molecular flexibility index (Phi) is 5.12. The second kappa shape index (κ2) is 7.26. The van der Waals surface area contributed by atoms with Crippen molar-refractivity contribution in [3.05, 3.63) is 70.8 Å². The van der Waals surface area contributed by atoms with Crippen LogP contribution in [-0.4, -0.2) is 12.1 Å². The van der Waals surface area contributed by atoms with E-state index in [1.54, 1.807) is 30.3 Å². The maximum absolute atomic E-state index is 11.8. The lowest BCUT2D eigenvalue weighted by Gasteiger charge is -2.00. The molecule has 0 saturated heterocycles. The van der Waals surface area contributed by atoms with E-state index >= 15 is 0 Å². The van der Waals surface area contributed by atoms with E-state index in [0.29, 0.717) is 16.3 Å². The molecule has 0 aliphatic carbocycles. The molecule has 106 valence electrons. The smallest absolute Gasteiger partial charge is 0.271 e. The van der Waals surface area contributed by atoms with Crippen molar-refractivity contribution in [2.24, 2.45) is 5.10 Å². The number of hydrogen-bond acceptors (Lipinski definition) is 3. The Hall–Kier alpha value is -2.59. The van der Waals surface area contributed by atoms with Gasteiger partial charge in [-0.3, -0.25) is 4.79 Å². The lowest BCUT2D eigenvalue weighted by molar-refractivity contribution is 0.0955. The highest BCUT2D eigenvalue weighted by Crippen LogP contribution is 2.08. The monoisotopic (exact) mass is 299 g/mol. The molecule has 2 rings (SSSR count). The van der Waals surface area contributed by atoms with Gasteiger partial charge in [-0.25, -0.2) is 5.43 Å². The summed E-state index contributed by atoms with van der Waals surface area (Å²) in [5.41, 5.74) is 9.99. The third kappa shape index (κ3) is 4.78. The van der Waals surface area contributed by atoms with E-state index in [1.165, 1.54) is 6.21 Å². The van der Waals surface area contributed by atoms with Crippen molar-refractivity contribution >= 4 is 35.5 Å². The standard InChI is InChI=1S/C16H14ClN3O/c17-14(10-12-4-2-1-3-5-12)11-19-20-16(21)13-6-8-15(18)9-7-13/h1-11H,18H2,(H,20,21). The van der Waals surface area contributed by atoms with Crippen LogP contribution < -0.4 is 11.2 Å². The molecular weight excluding hydrogens is 286 g/mol. The number of hydrogen-bond donors (Lipinski definition) is 2. The fourth-order valence-corrected chi connectivity index (χ4v) is 1.77. The van der Waals surface area contributed by atoms with E-state index in [2.05, 4.69) is 10.5 Å². The molecule has 2 aromatic carbocycles. The molecular formula is C16H14ClN3O. The summed E-state index contributed by atoms with van der Waals surface area (Å²) in [5.74, 6) is -0.324. The largest absolute Gasteiger partial charge is 0.399 e. The maximum Gasteiger partial charge on any atom is 0.271 e. The molecule has 0 saturated carbocycles. The normalized spacial score (nSPS) is 11.6. The number of benzene rings is 2. The summed E-state index contributed by atoms with van der Waals surface area (Å²) in [6.07, 6.45) is 3.13. The number of nitrogens with zero attached hydrogens (tertiary/aromatic N) is 1. The number of nitrogens with two attached hydrogens (primary N) is 1. The Morgan fingerprint density at radius 2 is 1.76 bits per heavy atom. The van der Waals surface area contributed by atoms with Gasteiger partial charge in [0.1, 0.15) is 0 Å². The lowest BCUT2D eigenvalue weighted by atomic mass is 10.2. The van der Waals surface area contributed by atoms with Gasteiger partial charge in [-0.2, -0.15) is 5.10 Å². The van der Waals surface area contributed by atoms with Crippen molar-refractivity contribution in [1.82, 2.24) is 5.43 Å². The minimum Gasteiger partial charge on any atom is -0.399 e. The second-order valence-corrected chi connectivity index (χ2v) is 4.70. The van der Waals surface area contributed by atoms with Crippen molar-refractivity contribution in [3.8, 4) is 0 Å². The zero-order valence-corrected chi connectivity index (χ0v) is 11.9. The first-order chi connectivity index (χ1) is 10.1. The summed E-state index contributed by atoms with van der Waals surface area (Å²) in [6.45, 7) is 0. The minimum atomic E-state index is -0.324. The molecule has 0 spiro atoms. The summed E-state index contributed by atoms with van der Waals surface area (Å²) < 4.78 is 0. The van der Waals surface area contributed by atoms with Gasteiger partial charge in [0.05, 0.1) is 11.2 Å². The summed E-state index contributed by atoms with van der Waals surface area (Å²) in [5, 5.41) is 4.23. The highest BCUT2D eigenvalue weighted by molar-refractivity contribution is 6.41. The van der Waals surface area contributed by atoms with Crippen LogP contribution in [0.15, 0.2) is 64.7 Å². The number of allylic oxidation sites excluding steroid dienone is 1. The van der Waals surface area contributed by atoms with Gasteiger partial charge in [0.2, 0.25) is 0 Å². The number of amides is 1. The molecule has 0 radical (unpaired) electrons. The predicted octanol–water partition coefficient (Wildman–Crippen LogP) is 3.26. The van der Waals surface area contributed by atoms with Crippen LogP contribution in [0.25, 0.3) is 6.08 Å². The number of anilines is 1. The van der Waals surface area contributed by atoms with E-state index in [1.807, 2.05) is 30.3 Å². The quantitative estimate of drug-likeness (QED) is 0.517. The number of nitrogen functional groups attached to an aromatic ring is 1. The zero-order valence-electron chi connectivity index (χ0n) is 11.2. The number of nitrogens with one attached hydrogen (secondary N) is 1. The van der Waals surface area contributed by atoms with Crippen LogP contribution in [0.4, 0.5) is 5.69 Å². The molecule has 5 heteroatoms. The first-order valence-corrected chi connectivity index (χ1v) is 6.64. The van der Waals surface area contributed by atoms with Crippen LogP contribution in [0.5, 0.6) is 0 Å². The Morgan fingerprint density at radius 1 is 1.10 bits per heavy atom. The third-order valence-electron chi connectivity index (χ3n) is 2.63. The van der Waals surface area contributed by atoms with Crippen molar-refractivity contribution in [3.63, 3.8) is 0 Å². The average Bonchev–Trinajstić information content (AvgIpc) is 2.49. The van der Waals surface area contributed by atoms with Gasteiger partial charge in [-0.05, 0) is 35.9 Å². The van der Waals surface area contributed by atoms with E-state index in [4.69, 9.17) is 17.3 Å². The fourth-order valence-electron chi connectivity index (χ4n) is 1.60. The van der Waals surface area contributed by atoms with Gasteiger partial charge in [0, 0.05) is 11.3 Å². The first kappa shape index (κ1) is 14.8. The Labute approximate surface area is 127 Å². The lowest BCUT2D eigenvalue weighted by Crippen LogP contribution is -2.17. The molecule has 2 aromatic rings. The van der Waals surface area contributed by atoms with Crippen molar-refractivity contribution in [1.29, 1.82) is 0 Å². The molecule has 0 atom stereocenters. The SMILES string of the molecule is Nc1ccc(C(=O)NN=CC(Cl)=Cc2ccccc2)cc1. The Bertz CT molecular complexity index is 664. The molecule has 0 aliphatic heterocycles. The topological polar surface area (TPSA) is 67.5 Å². The summed E-state index contributed by atoms with van der Waals surface area (Å²) >= 11 is 6.01. The zero-order chi connectivity index (χ0) is 15.1. The number of hydrazone groups is 1. The van der Waals surface area contributed by atoms with Crippen LogP contribution in [0.2, 0.25) is 0 Å².